The second-order valence-corrected chi connectivity index (χ2v) is 5.81. The van der Waals surface area contributed by atoms with Gasteiger partial charge in [-0.2, -0.15) is 0 Å². The zero-order chi connectivity index (χ0) is 15.1. The van der Waals surface area contributed by atoms with E-state index in [1.165, 1.54) is 25.0 Å². The Morgan fingerprint density at radius 3 is 2.73 bits per heavy atom. The largest absolute Gasteiger partial charge is 0.357 e. The number of benzene rings is 1. The van der Waals surface area contributed by atoms with E-state index < -0.39 is 0 Å². The first kappa shape index (κ1) is 19.2. The van der Waals surface area contributed by atoms with E-state index in [1.54, 1.807) is 0 Å². The molecule has 124 valence electrons. The summed E-state index contributed by atoms with van der Waals surface area (Å²) in [6.45, 7) is 8.20. The van der Waals surface area contributed by atoms with Crippen LogP contribution in [0.5, 0.6) is 0 Å². The van der Waals surface area contributed by atoms with Crippen LogP contribution in [0.1, 0.15) is 32.3 Å². The van der Waals surface area contributed by atoms with Crippen molar-refractivity contribution in [2.45, 2.75) is 33.1 Å². The molecule has 1 aliphatic heterocycles. The summed E-state index contributed by atoms with van der Waals surface area (Å²) >= 11 is 0. The van der Waals surface area contributed by atoms with E-state index in [2.05, 4.69) is 24.1 Å². The minimum Gasteiger partial charge on any atom is -0.357 e. The fourth-order valence-electron chi connectivity index (χ4n) is 2.75. The van der Waals surface area contributed by atoms with Crippen molar-refractivity contribution in [3.63, 3.8) is 0 Å². The standard InChI is InChI=1S/C17H26FN3.HI/c1-3-19-17(21-12-4-5-14(2)13-21)20-11-10-15-6-8-16(18)9-7-15;/h6-9,14H,3-5,10-13H2,1-2H3,(H,19,20);1H. The molecule has 1 fully saturated rings. The van der Waals surface area contributed by atoms with Crippen molar-refractivity contribution in [1.29, 1.82) is 0 Å². The highest BCUT2D eigenvalue weighted by Gasteiger charge is 2.18. The summed E-state index contributed by atoms with van der Waals surface area (Å²) in [4.78, 5) is 7.09. The number of hydrogen-bond acceptors (Lipinski definition) is 1. The van der Waals surface area contributed by atoms with Crippen molar-refractivity contribution in [2.75, 3.05) is 26.2 Å². The van der Waals surface area contributed by atoms with Crippen molar-refractivity contribution in [3.8, 4) is 0 Å². The maximum Gasteiger partial charge on any atom is 0.193 e. The van der Waals surface area contributed by atoms with Crippen LogP contribution >= 0.6 is 24.0 Å². The summed E-state index contributed by atoms with van der Waals surface area (Å²) in [5.41, 5.74) is 1.13. The Labute approximate surface area is 150 Å². The fraction of sp³-hybridized carbons (Fsp3) is 0.588. The average molecular weight is 419 g/mol. The van der Waals surface area contributed by atoms with Crippen LogP contribution < -0.4 is 5.32 Å². The van der Waals surface area contributed by atoms with Gasteiger partial charge in [0.2, 0.25) is 0 Å². The number of likely N-dealkylation sites (tertiary alicyclic amines) is 1. The van der Waals surface area contributed by atoms with Crippen LogP contribution in [-0.4, -0.2) is 37.0 Å². The van der Waals surface area contributed by atoms with Crippen LogP contribution in [0.15, 0.2) is 29.3 Å². The minimum atomic E-state index is -0.183. The van der Waals surface area contributed by atoms with E-state index in [9.17, 15) is 4.39 Å². The molecule has 0 bridgehead atoms. The van der Waals surface area contributed by atoms with Gasteiger partial charge in [-0.25, -0.2) is 4.39 Å². The molecule has 2 rings (SSSR count). The number of nitrogens with one attached hydrogen (secondary N) is 1. The lowest BCUT2D eigenvalue weighted by atomic mass is 10.0. The Morgan fingerprint density at radius 1 is 1.36 bits per heavy atom. The highest BCUT2D eigenvalue weighted by Crippen LogP contribution is 2.15. The van der Waals surface area contributed by atoms with Gasteiger partial charge in [0.05, 0.1) is 0 Å². The van der Waals surface area contributed by atoms with Gasteiger partial charge in [0.15, 0.2) is 5.96 Å². The zero-order valence-corrected chi connectivity index (χ0v) is 15.8. The molecule has 0 amide bonds. The van der Waals surface area contributed by atoms with Crippen molar-refractivity contribution in [1.82, 2.24) is 10.2 Å². The number of nitrogens with zero attached hydrogens (tertiary/aromatic N) is 2. The monoisotopic (exact) mass is 419 g/mol. The van der Waals surface area contributed by atoms with Gasteiger partial charge in [-0.3, -0.25) is 4.99 Å². The van der Waals surface area contributed by atoms with Crippen LogP contribution in [0, 0.1) is 11.7 Å². The molecule has 0 aromatic heterocycles. The first-order valence-corrected chi connectivity index (χ1v) is 7.96. The van der Waals surface area contributed by atoms with E-state index in [-0.39, 0.29) is 29.8 Å². The van der Waals surface area contributed by atoms with E-state index in [0.29, 0.717) is 0 Å². The summed E-state index contributed by atoms with van der Waals surface area (Å²) in [6.07, 6.45) is 3.40. The third-order valence-electron chi connectivity index (χ3n) is 3.87. The molecule has 1 unspecified atom stereocenters. The zero-order valence-electron chi connectivity index (χ0n) is 13.5. The molecule has 3 nitrogen and oxygen atoms in total. The van der Waals surface area contributed by atoms with Gasteiger partial charge in [-0.05, 0) is 49.8 Å². The van der Waals surface area contributed by atoms with Crippen LogP contribution in [0.25, 0.3) is 0 Å². The van der Waals surface area contributed by atoms with Gasteiger partial charge in [0.25, 0.3) is 0 Å². The van der Waals surface area contributed by atoms with Crippen LogP contribution in [0.4, 0.5) is 4.39 Å². The molecule has 0 aliphatic carbocycles. The third kappa shape index (κ3) is 6.10. The average Bonchev–Trinajstić information content (AvgIpc) is 2.48. The van der Waals surface area contributed by atoms with Crippen molar-refractivity contribution in [3.05, 3.63) is 35.6 Å². The van der Waals surface area contributed by atoms with Crippen LogP contribution in [-0.2, 0) is 6.42 Å². The highest BCUT2D eigenvalue weighted by atomic mass is 127. The van der Waals surface area contributed by atoms with Crippen molar-refractivity contribution in [2.24, 2.45) is 10.9 Å². The second kappa shape index (κ2) is 10.0. The number of halogens is 2. The number of guanidine groups is 1. The van der Waals surface area contributed by atoms with E-state index >= 15 is 0 Å². The Kier molecular flexibility index (Phi) is 8.75. The molecule has 0 saturated carbocycles. The highest BCUT2D eigenvalue weighted by molar-refractivity contribution is 14.0. The Hall–Kier alpha value is -0.850. The lowest BCUT2D eigenvalue weighted by Gasteiger charge is -2.33. The quantitative estimate of drug-likeness (QED) is 0.458. The summed E-state index contributed by atoms with van der Waals surface area (Å²) in [5.74, 6) is 1.57. The maximum absolute atomic E-state index is 12.9. The van der Waals surface area contributed by atoms with E-state index in [0.717, 1.165) is 50.0 Å². The lowest BCUT2D eigenvalue weighted by Crippen LogP contribution is -2.46. The molecule has 1 aromatic rings. The SMILES string of the molecule is CCNC(=NCCc1ccc(F)cc1)N1CCCC(C)C1.I. The molecule has 0 spiro atoms. The molecule has 1 aliphatic rings. The summed E-state index contributed by atoms with van der Waals surface area (Å²) in [6, 6.07) is 6.69. The van der Waals surface area contributed by atoms with Gasteiger partial charge < -0.3 is 10.2 Å². The van der Waals surface area contributed by atoms with Crippen molar-refractivity contribution >= 4 is 29.9 Å². The first-order valence-electron chi connectivity index (χ1n) is 7.96. The van der Waals surface area contributed by atoms with Crippen LogP contribution in [0.2, 0.25) is 0 Å². The molecule has 5 heteroatoms. The molecule has 1 aromatic carbocycles. The predicted molar refractivity (Wildman–Crippen MR) is 101 cm³/mol. The van der Waals surface area contributed by atoms with Gasteiger partial charge in [0, 0.05) is 26.2 Å². The second-order valence-electron chi connectivity index (χ2n) is 5.81. The van der Waals surface area contributed by atoms with E-state index in [4.69, 9.17) is 4.99 Å². The normalized spacial score (nSPS) is 18.8. The molecule has 1 saturated heterocycles. The first-order chi connectivity index (χ1) is 10.2. The summed E-state index contributed by atoms with van der Waals surface area (Å²) in [5, 5.41) is 3.38. The van der Waals surface area contributed by atoms with Crippen LogP contribution in [0.3, 0.4) is 0 Å². The topological polar surface area (TPSA) is 27.6 Å². The Bertz CT molecular complexity index is 461. The Morgan fingerprint density at radius 2 is 2.09 bits per heavy atom. The molecular formula is C17H27FIN3. The lowest BCUT2D eigenvalue weighted by molar-refractivity contribution is 0.266. The molecular weight excluding hydrogens is 392 g/mol. The minimum absolute atomic E-state index is 0. The molecule has 1 atom stereocenters. The summed E-state index contributed by atoms with van der Waals surface area (Å²) < 4.78 is 12.9. The van der Waals surface area contributed by atoms with E-state index in [1.807, 2.05) is 12.1 Å². The molecule has 1 N–H and O–H groups in total. The van der Waals surface area contributed by atoms with Gasteiger partial charge in [-0.15, -0.1) is 24.0 Å². The maximum atomic E-state index is 12.9. The third-order valence-corrected chi connectivity index (χ3v) is 3.87. The smallest absolute Gasteiger partial charge is 0.193 e. The molecule has 1 heterocycles. The fourth-order valence-corrected chi connectivity index (χ4v) is 2.75. The number of hydrogen-bond donors (Lipinski definition) is 1. The van der Waals surface area contributed by atoms with Gasteiger partial charge in [-0.1, -0.05) is 19.1 Å². The van der Waals surface area contributed by atoms with Gasteiger partial charge >= 0.3 is 0 Å². The number of aliphatic imine (C=N–C) groups is 1. The predicted octanol–water partition coefficient (Wildman–Crippen LogP) is 3.68. The van der Waals surface area contributed by atoms with Gasteiger partial charge in [0.1, 0.15) is 5.82 Å². The number of piperidine rings is 1. The molecule has 0 radical (unpaired) electrons. The summed E-state index contributed by atoms with van der Waals surface area (Å²) in [7, 11) is 0. The number of rotatable bonds is 4. The Balaban J connectivity index is 0.00000242. The van der Waals surface area contributed by atoms with Crippen molar-refractivity contribution < 1.29 is 4.39 Å². The molecule has 22 heavy (non-hydrogen) atoms.